The molecule has 0 bridgehead atoms. The van der Waals surface area contributed by atoms with Gasteiger partial charge in [-0.05, 0) is 62.4 Å². The first kappa shape index (κ1) is 14.9. The standard InChI is InChI=1S/C17H30N2/c1-13-7-9-19(10-8-13)16-11-15(17(2,3)4)6-5-14(16)12-18/h13-16H,5-11H2,1-4H3. The predicted octanol–water partition coefficient (Wildman–Crippen LogP) is 4.07. The van der Waals surface area contributed by atoms with Crippen molar-refractivity contribution < 1.29 is 0 Å². The molecule has 0 radical (unpaired) electrons. The van der Waals surface area contributed by atoms with E-state index in [2.05, 4.69) is 38.7 Å². The molecule has 2 rings (SSSR count). The van der Waals surface area contributed by atoms with Crippen molar-refractivity contribution in [2.24, 2.45) is 23.2 Å². The van der Waals surface area contributed by atoms with Crippen LogP contribution in [0.1, 0.15) is 59.8 Å². The average Bonchev–Trinajstić information content (AvgIpc) is 2.38. The van der Waals surface area contributed by atoms with Gasteiger partial charge in [0.2, 0.25) is 0 Å². The molecule has 2 nitrogen and oxygen atoms in total. The summed E-state index contributed by atoms with van der Waals surface area (Å²) in [6, 6.07) is 3.12. The Hall–Kier alpha value is -0.550. The fourth-order valence-electron chi connectivity index (χ4n) is 3.85. The molecule has 1 aliphatic heterocycles. The molecule has 2 fully saturated rings. The van der Waals surface area contributed by atoms with Crippen molar-refractivity contribution in [3.05, 3.63) is 0 Å². The van der Waals surface area contributed by atoms with Gasteiger partial charge in [0.1, 0.15) is 0 Å². The molecule has 2 heteroatoms. The lowest BCUT2D eigenvalue weighted by atomic mass is 9.67. The number of nitriles is 1. The second kappa shape index (κ2) is 5.83. The van der Waals surface area contributed by atoms with Crippen LogP contribution < -0.4 is 0 Å². The molecule has 19 heavy (non-hydrogen) atoms. The lowest BCUT2D eigenvalue weighted by Gasteiger charge is -2.46. The summed E-state index contributed by atoms with van der Waals surface area (Å²) in [5.74, 6) is 1.92. The van der Waals surface area contributed by atoms with Gasteiger partial charge in [-0.1, -0.05) is 27.7 Å². The Morgan fingerprint density at radius 1 is 1.05 bits per heavy atom. The van der Waals surface area contributed by atoms with Gasteiger partial charge < -0.3 is 0 Å². The Bertz CT molecular complexity index is 328. The Morgan fingerprint density at radius 2 is 1.68 bits per heavy atom. The highest BCUT2D eigenvalue weighted by molar-refractivity contribution is 5.00. The lowest BCUT2D eigenvalue weighted by Crippen LogP contribution is -2.48. The van der Waals surface area contributed by atoms with Crippen molar-refractivity contribution in [2.45, 2.75) is 65.8 Å². The Morgan fingerprint density at radius 3 is 2.21 bits per heavy atom. The minimum Gasteiger partial charge on any atom is -0.299 e. The van der Waals surface area contributed by atoms with E-state index in [1.807, 2.05) is 0 Å². The van der Waals surface area contributed by atoms with E-state index in [9.17, 15) is 5.26 Å². The van der Waals surface area contributed by atoms with Gasteiger partial charge in [0.15, 0.2) is 0 Å². The lowest BCUT2D eigenvalue weighted by molar-refractivity contribution is 0.0410. The molecule has 1 saturated carbocycles. The van der Waals surface area contributed by atoms with E-state index < -0.39 is 0 Å². The monoisotopic (exact) mass is 262 g/mol. The molecule has 3 unspecified atom stereocenters. The molecular weight excluding hydrogens is 232 g/mol. The van der Waals surface area contributed by atoms with Crippen LogP contribution in [0.4, 0.5) is 0 Å². The molecule has 0 aromatic carbocycles. The Balaban J connectivity index is 2.04. The summed E-state index contributed by atoms with van der Waals surface area (Å²) >= 11 is 0. The first-order chi connectivity index (χ1) is 8.91. The molecule has 1 saturated heterocycles. The van der Waals surface area contributed by atoms with Gasteiger partial charge in [0.25, 0.3) is 0 Å². The van der Waals surface area contributed by atoms with E-state index in [0.29, 0.717) is 11.5 Å². The summed E-state index contributed by atoms with van der Waals surface area (Å²) in [5, 5.41) is 9.46. The summed E-state index contributed by atoms with van der Waals surface area (Å²) in [6.45, 7) is 11.9. The van der Waals surface area contributed by atoms with Crippen molar-refractivity contribution in [3.63, 3.8) is 0 Å². The summed E-state index contributed by atoms with van der Waals surface area (Å²) in [4.78, 5) is 2.63. The number of rotatable bonds is 1. The number of likely N-dealkylation sites (tertiary alicyclic amines) is 1. The second-order valence-corrected chi connectivity index (χ2v) is 7.90. The molecule has 0 aromatic rings. The van der Waals surface area contributed by atoms with Gasteiger partial charge in [-0.15, -0.1) is 0 Å². The summed E-state index contributed by atoms with van der Waals surface area (Å²) in [6.07, 6.45) is 6.21. The van der Waals surface area contributed by atoms with Crippen molar-refractivity contribution in [1.29, 1.82) is 5.26 Å². The minimum atomic E-state index is 0.270. The molecule has 0 amide bonds. The molecule has 0 N–H and O–H groups in total. The summed E-state index contributed by atoms with van der Waals surface area (Å²) in [7, 11) is 0. The highest BCUT2D eigenvalue weighted by Crippen LogP contribution is 2.42. The maximum absolute atomic E-state index is 9.46. The van der Waals surface area contributed by atoms with Crippen LogP contribution in [-0.4, -0.2) is 24.0 Å². The van der Waals surface area contributed by atoms with Crippen LogP contribution in [0.2, 0.25) is 0 Å². The molecule has 1 aliphatic carbocycles. The van der Waals surface area contributed by atoms with Crippen LogP contribution >= 0.6 is 0 Å². The molecule has 2 aliphatic rings. The number of piperidine rings is 1. The zero-order valence-corrected chi connectivity index (χ0v) is 13.2. The third kappa shape index (κ3) is 3.51. The van der Waals surface area contributed by atoms with Crippen LogP contribution in [0.3, 0.4) is 0 Å². The minimum absolute atomic E-state index is 0.270. The quantitative estimate of drug-likeness (QED) is 0.712. The molecular formula is C17H30N2. The zero-order valence-electron chi connectivity index (χ0n) is 13.2. The predicted molar refractivity (Wildman–Crippen MR) is 79.7 cm³/mol. The van der Waals surface area contributed by atoms with Gasteiger partial charge in [0, 0.05) is 6.04 Å². The maximum Gasteiger partial charge on any atom is 0.0672 e. The number of hydrogen-bond acceptors (Lipinski definition) is 2. The highest BCUT2D eigenvalue weighted by atomic mass is 15.2. The van der Waals surface area contributed by atoms with E-state index in [0.717, 1.165) is 18.3 Å². The van der Waals surface area contributed by atoms with Gasteiger partial charge in [-0.25, -0.2) is 0 Å². The van der Waals surface area contributed by atoms with E-state index in [-0.39, 0.29) is 5.92 Å². The average molecular weight is 262 g/mol. The number of nitrogens with zero attached hydrogens (tertiary/aromatic N) is 2. The molecule has 0 aromatic heterocycles. The first-order valence-corrected chi connectivity index (χ1v) is 8.05. The SMILES string of the molecule is CC1CCN(C2CC(C(C)(C)C)CCC2C#N)CC1. The van der Waals surface area contributed by atoms with Crippen LogP contribution in [0.15, 0.2) is 0 Å². The van der Waals surface area contributed by atoms with Crippen molar-refractivity contribution in [2.75, 3.05) is 13.1 Å². The molecule has 1 heterocycles. The van der Waals surface area contributed by atoms with Crippen LogP contribution in [-0.2, 0) is 0 Å². The fourth-order valence-corrected chi connectivity index (χ4v) is 3.85. The Labute approximate surface area is 119 Å². The fraction of sp³-hybridized carbons (Fsp3) is 0.941. The van der Waals surface area contributed by atoms with Crippen molar-refractivity contribution >= 4 is 0 Å². The van der Waals surface area contributed by atoms with Crippen molar-refractivity contribution in [3.8, 4) is 6.07 Å². The summed E-state index contributed by atoms with van der Waals surface area (Å²) in [5.41, 5.74) is 0.391. The van der Waals surface area contributed by atoms with Gasteiger partial charge in [-0.2, -0.15) is 5.26 Å². The smallest absolute Gasteiger partial charge is 0.0672 e. The van der Waals surface area contributed by atoms with Gasteiger partial charge in [0.05, 0.1) is 12.0 Å². The normalized spacial score (nSPS) is 35.0. The zero-order chi connectivity index (χ0) is 14.0. The topological polar surface area (TPSA) is 27.0 Å². The highest BCUT2D eigenvalue weighted by Gasteiger charge is 2.39. The Kier molecular flexibility index (Phi) is 4.56. The largest absolute Gasteiger partial charge is 0.299 e. The molecule has 108 valence electrons. The van der Waals surface area contributed by atoms with Gasteiger partial charge in [-0.3, -0.25) is 4.90 Å². The van der Waals surface area contributed by atoms with E-state index in [4.69, 9.17) is 0 Å². The summed E-state index contributed by atoms with van der Waals surface area (Å²) < 4.78 is 0. The van der Waals surface area contributed by atoms with E-state index in [1.165, 1.54) is 38.8 Å². The van der Waals surface area contributed by atoms with Gasteiger partial charge >= 0.3 is 0 Å². The maximum atomic E-state index is 9.46. The third-order valence-electron chi connectivity index (χ3n) is 5.49. The second-order valence-electron chi connectivity index (χ2n) is 7.90. The van der Waals surface area contributed by atoms with Crippen LogP contribution in [0.5, 0.6) is 0 Å². The molecule has 0 spiro atoms. The van der Waals surface area contributed by atoms with Crippen molar-refractivity contribution in [1.82, 2.24) is 4.90 Å². The number of hydrogen-bond donors (Lipinski definition) is 0. The van der Waals surface area contributed by atoms with Crippen LogP contribution in [0.25, 0.3) is 0 Å². The molecule has 3 atom stereocenters. The third-order valence-corrected chi connectivity index (χ3v) is 5.49. The van der Waals surface area contributed by atoms with E-state index in [1.54, 1.807) is 0 Å². The first-order valence-electron chi connectivity index (χ1n) is 8.05. The van der Waals surface area contributed by atoms with E-state index >= 15 is 0 Å². The van der Waals surface area contributed by atoms with Crippen LogP contribution in [0, 0.1) is 34.5 Å².